The van der Waals surface area contributed by atoms with Crippen molar-refractivity contribution in [2.24, 2.45) is 0 Å². The number of hydrogen-bond donors (Lipinski definition) is 1. The topological polar surface area (TPSA) is 65.8 Å². The summed E-state index contributed by atoms with van der Waals surface area (Å²) in [6, 6.07) is 2.38. The first kappa shape index (κ1) is 14.9. The van der Waals surface area contributed by atoms with E-state index in [-0.39, 0.29) is 5.91 Å². The molecule has 1 fully saturated rings. The van der Waals surface area contributed by atoms with Crippen molar-refractivity contribution in [2.45, 2.75) is 19.0 Å². The van der Waals surface area contributed by atoms with Crippen LogP contribution in [0, 0.1) is 0 Å². The Morgan fingerprint density at radius 1 is 1.50 bits per heavy atom. The number of amides is 1. The second-order valence-corrected chi connectivity index (χ2v) is 5.98. The van der Waals surface area contributed by atoms with E-state index >= 15 is 0 Å². The van der Waals surface area contributed by atoms with E-state index in [1.165, 1.54) is 0 Å². The summed E-state index contributed by atoms with van der Waals surface area (Å²) >= 11 is 0. The number of hydrogen-bond acceptors (Lipinski definition) is 5. The lowest BCUT2D eigenvalue weighted by atomic mass is 10.2. The summed E-state index contributed by atoms with van der Waals surface area (Å²) in [5.74, 6) is 0.0506. The number of rotatable bonds is 5. The number of nitrogens with one attached hydrogen (secondary N) is 1. The van der Waals surface area contributed by atoms with Crippen LogP contribution < -0.4 is 5.32 Å². The average molecular weight is 302 g/mol. The van der Waals surface area contributed by atoms with Crippen molar-refractivity contribution in [2.75, 3.05) is 33.7 Å². The number of carbonyl (C=O) groups excluding carboxylic acids is 1. The number of likely N-dealkylation sites (N-methyl/N-ethyl adjacent to an activating group) is 1. The lowest BCUT2D eigenvalue weighted by Crippen LogP contribution is -2.38. The van der Waals surface area contributed by atoms with Crippen molar-refractivity contribution in [3.05, 3.63) is 30.2 Å². The van der Waals surface area contributed by atoms with Crippen molar-refractivity contribution in [3.8, 4) is 0 Å². The van der Waals surface area contributed by atoms with Crippen molar-refractivity contribution >= 4 is 11.6 Å². The summed E-state index contributed by atoms with van der Waals surface area (Å²) < 4.78 is 1.71. The highest BCUT2D eigenvalue weighted by Crippen LogP contribution is 2.12. The Hall–Kier alpha value is -1.99. The van der Waals surface area contributed by atoms with E-state index in [4.69, 9.17) is 0 Å². The molecule has 0 bridgehead atoms. The number of fused-ring (bicyclic) bond motifs is 1. The molecule has 3 heterocycles. The molecule has 0 aliphatic carbocycles. The molecule has 0 saturated carbocycles. The normalized spacial score (nSPS) is 19.1. The zero-order chi connectivity index (χ0) is 15.5. The van der Waals surface area contributed by atoms with Gasteiger partial charge in [-0.05, 0) is 26.6 Å². The highest BCUT2D eigenvalue weighted by atomic mass is 16.2. The van der Waals surface area contributed by atoms with Crippen LogP contribution in [0.4, 0.5) is 0 Å². The van der Waals surface area contributed by atoms with E-state index in [2.05, 4.69) is 39.3 Å². The molecule has 1 N–H and O–H groups in total. The molecule has 118 valence electrons. The molecule has 2 aromatic rings. The quantitative estimate of drug-likeness (QED) is 0.841. The number of aromatic nitrogens is 3. The van der Waals surface area contributed by atoms with Gasteiger partial charge >= 0.3 is 0 Å². The lowest BCUT2D eigenvalue weighted by molar-refractivity contribution is -0.122. The number of carbonyl (C=O) groups is 1. The Labute approximate surface area is 129 Å². The highest BCUT2D eigenvalue weighted by molar-refractivity contribution is 5.78. The molecule has 0 radical (unpaired) electrons. The van der Waals surface area contributed by atoms with Gasteiger partial charge in [-0.15, -0.1) is 0 Å². The van der Waals surface area contributed by atoms with Gasteiger partial charge in [0.05, 0.1) is 12.7 Å². The van der Waals surface area contributed by atoms with Crippen LogP contribution in [0.3, 0.4) is 0 Å². The van der Waals surface area contributed by atoms with Gasteiger partial charge in [0.1, 0.15) is 0 Å². The summed E-state index contributed by atoms with van der Waals surface area (Å²) in [5, 5.41) is 7.18. The average Bonchev–Trinajstić information content (AvgIpc) is 3.12. The molecular weight excluding hydrogens is 280 g/mol. The minimum atomic E-state index is 0.0506. The first-order chi connectivity index (χ1) is 10.6. The molecule has 7 heteroatoms. The molecule has 3 rings (SSSR count). The second-order valence-electron chi connectivity index (χ2n) is 5.98. The maximum Gasteiger partial charge on any atom is 0.234 e. The first-order valence-electron chi connectivity index (χ1n) is 7.56. The Kier molecular flexibility index (Phi) is 4.35. The smallest absolute Gasteiger partial charge is 0.234 e. The summed E-state index contributed by atoms with van der Waals surface area (Å²) in [7, 11) is 4.18. The predicted molar refractivity (Wildman–Crippen MR) is 83.4 cm³/mol. The van der Waals surface area contributed by atoms with Crippen LogP contribution in [0.25, 0.3) is 5.65 Å². The van der Waals surface area contributed by atoms with Gasteiger partial charge in [0, 0.05) is 43.6 Å². The van der Waals surface area contributed by atoms with E-state index in [9.17, 15) is 4.79 Å². The van der Waals surface area contributed by atoms with Crippen LogP contribution in [0.1, 0.15) is 12.0 Å². The van der Waals surface area contributed by atoms with Crippen molar-refractivity contribution in [1.82, 2.24) is 29.7 Å². The van der Waals surface area contributed by atoms with Gasteiger partial charge in [-0.25, -0.2) is 9.50 Å². The van der Waals surface area contributed by atoms with Crippen LogP contribution in [0.5, 0.6) is 0 Å². The first-order valence-corrected chi connectivity index (χ1v) is 7.56. The minimum absolute atomic E-state index is 0.0506. The molecule has 1 aliphatic rings. The second kappa shape index (κ2) is 6.41. The fraction of sp³-hybridized carbons (Fsp3) is 0.533. The van der Waals surface area contributed by atoms with Gasteiger partial charge in [-0.3, -0.25) is 9.69 Å². The van der Waals surface area contributed by atoms with Crippen molar-refractivity contribution < 1.29 is 4.79 Å². The monoisotopic (exact) mass is 302 g/mol. The molecule has 1 saturated heterocycles. The molecule has 1 atom stereocenters. The predicted octanol–water partition coefficient (Wildman–Crippen LogP) is -0.0186. The molecule has 2 aromatic heterocycles. The Morgan fingerprint density at radius 2 is 2.36 bits per heavy atom. The molecule has 22 heavy (non-hydrogen) atoms. The van der Waals surface area contributed by atoms with E-state index < -0.39 is 0 Å². The summed E-state index contributed by atoms with van der Waals surface area (Å²) in [6.07, 6.45) is 6.45. The van der Waals surface area contributed by atoms with Gasteiger partial charge in [-0.2, -0.15) is 5.10 Å². The summed E-state index contributed by atoms with van der Waals surface area (Å²) in [4.78, 5) is 20.8. The lowest BCUT2D eigenvalue weighted by Gasteiger charge is -2.20. The fourth-order valence-electron chi connectivity index (χ4n) is 2.83. The fourth-order valence-corrected chi connectivity index (χ4v) is 2.83. The van der Waals surface area contributed by atoms with E-state index in [1.54, 1.807) is 16.9 Å². The molecule has 0 spiro atoms. The summed E-state index contributed by atoms with van der Waals surface area (Å²) in [5.41, 5.74) is 1.72. The maximum absolute atomic E-state index is 12.1. The van der Waals surface area contributed by atoms with Crippen LogP contribution >= 0.6 is 0 Å². The minimum Gasteiger partial charge on any atom is -0.351 e. The van der Waals surface area contributed by atoms with E-state index in [1.807, 2.05) is 12.3 Å². The largest absolute Gasteiger partial charge is 0.351 e. The molecule has 1 aliphatic heterocycles. The third kappa shape index (κ3) is 3.26. The number of likely N-dealkylation sites (tertiary alicyclic amines) is 1. The zero-order valence-corrected chi connectivity index (χ0v) is 13.1. The molecule has 1 amide bonds. The van der Waals surface area contributed by atoms with Crippen LogP contribution in [0.2, 0.25) is 0 Å². The zero-order valence-electron chi connectivity index (χ0n) is 13.1. The number of nitrogens with zero attached hydrogens (tertiary/aromatic N) is 5. The third-order valence-electron chi connectivity index (χ3n) is 4.17. The Balaban J connectivity index is 1.51. The van der Waals surface area contributed by atoms with E-state index in [0.717, 1.165) is 30.7 Å². The van der Waals surface area contributed by atoms with Crippen molar-refractivity contribution in [1.29, 1.82) is 0 Å². The molecule has 7 nitrogen and oxygen atoms in total. The van der Waals surface area contributed by atoms with Gasteiger partial charge in [0.15, 0.2) is 5.65 Å². The van der Waals surface area contributed by atoms with Gasteiger partial charge in [-0.1, -0.05) is 0 Å². The van der Waals surface area contributed by atoms with Gasteiger partial charge < -0.3 is 10.2 Å². The highest BCUT2D eigenvalue weighted by Gasteiger charge is 2.25. The molecule has 0 aromatic carbocycles. The van der Waals surface area contributed by atoms with Gasteiger partial charge in [0.2, 0.25) is 5.91 Å². The SMILES string of the molecule is CN(C)C1CCN(CC(=O)NCc2cnn3cccnc23)C1. The summed E-state index contributed by atoms with van der Waals surface area (Å²) in [6.45, 7) is 2.86. The molecule has 1 unspecified atom stereocenters. The maximum atomic E-state index is 12.1. The Morgan fingerprint density at radius 3 is 3.14 bits per heavy atom. The Bertz CT molecular complexity index is 652. The van der Waals surface area contributed by atoms with Crippen molar-refractivity contribution in [3.63, 3.8) is 0 Å². The van der Waals surface area contributed by atoms with Gasteiger partial charge in [0.25, 0.3) is 0 Å². The molecular formula is C15H22N6O. The van der Waals surface area contributed by atoms with Crippen LogP contribution in [0.15, 0.2) is 24.7 Å². The standard InChI is InChI=1S/C15H22N6O/c1-19(2)13-4-7-20(10-13)11-14(22)17-8-12-9-18-21-6-3-5-16-15(12)21/h3,5-6,9,13H,4,7-8,10-11H2,1-2H3,(H,17,22). The van der Waals surface area contributed by atoms with Crippen LogP contribution in [-0.2, 0) is 11.3 Å². The third-order valence-corrected chi connectivity index (χ3v) is 4.17. The van der Waals surface area contributed by atoms with Crippen LogP contribution in [-0.4, -0.2) is 70.1 Å². The van der Waals surface area contributed by atoms with E-state index in [0.29, 0.717) is 19.1 Å².